The van der Waals surface area contributed by atoms with Crippen molar-refractivity contribution in [1.29, 1.82) is 0 Å². The van der Waals surface area contributed by atoms with Gasteiger partial charge in [-0.3, -0.25) is 19.6 Å². The van der Waals surface area contributed by atoms with Crippen molar-refractivity contribution in [3.63, 3.8) is 0 Å². The number of ether oxygens (including phenoxy) is 2. The quantitative estimate of drug-likeness (QED) is 0.649. The lowest BCUT2D eigenvalue weighted by atomic mass is 10.2. The molecule has 0 aliphatic carbocycles. The second-order valence-corrected chi connectivity index (χ2v) is 5.69. The van der Waals surface area contributed by atoms with Crippen LogP contribution in [0.2, 0.25) is 0 Å². The van der Waals surface area contributed by atoms with E-state index in [-0.39, 0.29) is 18.1 Å². The van der Waals surface area contributed by atoms with Gasteiger partial charge in [0.15, 0.2) is 11.5 Å². The van der Waals surface area contributed by atoms with Gasteiger partial charge in [-0.2, -0.15) is 5.10 Å². The number of carbonyl (C=O) groups excluding carboxylic acids is 1. The third kappa shape index (κ3) is 3.54. The van der Waals surface area contributed by atoms with Gasteiger partial charge in [-0.25, -0.2) is 0 Å². The summed E-state index contributed by atoms with van der Waals surface area (Å²) in [7, 11) is 0. The lowest BCUT2D eigenvalue weighted by Gasteiger charge is -2.19. The molecular formula is C16H18N4O5. The zero-order valence-corrected chi connectivity index (χ0v) is 13.9. The number of hydrogen-bond acceptors (Lipinski definition) is 6. The van der Waals surface area contributed by atoms with Crippen molar-refractivity contribution >= 4 is 11.6 Å². The number of rotatable bonds is 5. The van der Waals surface area contributed by atoms with Gasteiger partial charge in [0.25, 0.3) is 0 Å². The van der Waals surface area contributed by atoms with E-state index in [2.05, 4.69) is 10.4 Å². The molecule has 0 unspecified atom stereocenters. The van der Waals surface area contributed by atoms with Gasteiger partial charge in [0.1, 0.15) is 31.1 Å². The van der Waals surface area contributed by atoms with Gasteiger partial charge >= 0.3 is 5.69 Å². The van der Waals surface area contributed by atoms with Crippen LogP contribution in [0.25, 0.3) is 0 Å². The number of benzene rings is 1. The van der Waals surface area contributed by atoms with Crippen molar-refractivity contribution in [2.24, 2.45) is 0 Å². The van der Waals surface area contributed by atoms with Crippen LogP contribution in [-0.4, -0.2) is 33.8 Å². The van der Waals surface area contributed by atoms with Crippen molar-refractivity contribution in [3.05, 3.63) is 45.3 Å². The molecule has 2 heterocycles. The molecule has 0 spiro atoms. The highest BCUT2D eigenvalue weighted by atomic mass is 16.6. The van der Waals surface area contributed by atoms with Gasteiger partial charge in [-0.1, -0.05) is 6.07 Å². The number of nitro groups is 1. The molecule has 25 heavy (non-hydrogen) atoms. The van der Waals surface area contributed by atoms with Crippen molar-refractivity contribution in [2.45, 2.75) is 26.9 Å². The maximum Gasteiger partial charge on any atom is 0.312 e. The Bertz CT molecular complexity index is 830. The first-order valence-corrected chi connectivity index (χ1v) is 7.79. The number of hydrogen-bond donors (Lipinski definition) is 1. The minimum atomic E-state index is -0.485. The largest absolute Gasteiger partial charge is 0.486 e. The van der Waals surface area contributed by atoms with E-state index in [1.807, 2.05) is 12.1 Å². The zero-order chi connectivity index (χ0) is 18.0. The fourth-order valence-electron chi connectivity index (χ4n) is 2.70. The lowest BCUT2D eigenvalue weighted by molar-refractivity contribution is -0.386. The molecule has 0 radical (unpaired) electrons. The Kier molecular flexibility index (Phi) is 4.55. The van der Waals surface area contributed by atoms with Crippen LogP contribution in [0.3, 0.4) is 0 Å². The summed E-state index contributed by atoms with van der Waals surface area (Å²) < 4.78 is 12.3. The summed E-state index contributed by atoms with van der Waals surface area (Å²) in [6.07, 6.45) is 0. The first-order valence-electron chi connectivity index (χ1n) is 7.79. The molecule has 0 atom stereocenters. The Morgan fingerprint density at radius 2 is 2.04 bits per heavy atom. The molecule has 1 N–H and O–H groups in total. The minimum Gasteiger partial charge on any atom is -0.486 e. The molecule has 1 aromatic heterocycles. The maximum absolute atomic E-state index is 12.1. The number of nitrogens with zero attached hydrogens (tertiary/aromatic N) is 3. The fraction of sp³-hybridized carbons (Fsp3) is 0.375. The van der Waals surface area contributed by atoms with Crippen LogP contribution in [0, 0.1) is 24.0 Å². The highest BCUT2D eigenvalue weighted by Crippen LogP contribution is 2.30. The van der Waals surface area contributed by atoms with Crippen molar-refractivity contribution in [3.8, 4) is 11.5 Å². The number of aryl methyl sites for hydroxylation is 1. The van der Waals surface area contributed by atoms with E-state index in [9.17, 15) is 14.9 Å². The number of nitrogens with one attached hydrogen (secondary N) is 1. The van der Waals surface area contributed by atoms with Crippen LogP contribution < -0.4 is 14.8 Å². The van der Waals surface area contributed by atoms with Crippen molar-refractivity contribution in [1.82, 2.24) is 15.1 Å². The van der Waals surface area contributed by atoms with Crippen LogP contribution in [-0.2, 0) is 17.9 Å². The first kappa shape index (κ1) is 16.7. The summed E-state index contributed by atoms with van der Waals surface area (Å²) in [6, 6.07) is 5.48. The second-order valence-electron chi connectivity index (χ2n) is 5.69. The molecular weight excluding hydrogens is 328 g/mol. The third-order valence-electron chi connectivity index (χ3n) is 3.92. The van der Waals surface area contributed by atoms with Crippen LogP contribution in [0.15, 0.2) is 18.2 Å². The summed E-state index contributed by atoms with van der Waals surface area (Å²) in [5, 5.41) is 17.8. The molecule has 1 aromatic carbocycles. The summed E-state index contributed by atoms with van der Waals surface area (Å²) in [5.41, 5.74) is 1.47. The number of carbonyl (C=O) groups is 1. The summed E-state index contributed by atoms with van der Waals surface area (Å²) in [5.74, 6) is 1.07. The third-order valence-corrected chi connectivity index (χ3v) is 3.92. The van der Waals surface area contributed by atoms with E-state index in [1.54, 1.807) is 19.9 Å². The summed E-state index contributed by atoms with van der Waals surface area (Å²) in [4.78, 5) is 22.6. The van der Waals surface area contributed by atoms with Crippen LogP contribution in [0.5, 0.6) is 11.5 Å². The molecule has 0 saturated heterocycles. The second kappa shape index (κ2) is 6.80. The highest BCUT2D eigenvalue weighted by molar-refractivity contribution is 5.75. The normalized spacial score (nSPS) is 12.7. The van der Waals surface area contributed by atoms with E-state index < -0.39 is 4.92 Å². The van der Waals surface area contributed by atoms with Gasteiger partial charge in [0.2, 0.25) is 5.91 Å². The Morgan fingerprint density at radius 1 is 1.32 bits per heavy atom. The standard InChI is InChI=1S/C16H18N4O5/c1-10-16(20(22)23)11(2)19(18-10)9-15(21)17-8-12-3-4-13-14(7-12)25-6-5-24-13/h3-4,7H,5-6,8-9H2,1-2H3,(H,17,21). The van der Waals surface area contributed by atoms with Crippen molar-refractivity contribution in [2.75, 3.05) is 13.2 Å². The Labute approximate surface area is 143 Å². The molecule has 9 nitrogen and oxygen atoms in total. The first-order chi connectivity index (χ1) is 12.0. The Hall–Kier alpha value is -3.10. The summed E-state index contributed by atoms with van der Waals surface area (Å²) in [6.45, 7) is 4.39. The van der Waals surface area contributed by atoms with Gasteiger partial charge in [-0.15, -0.1) is 0 Å². The average molecular weight is 346 g/mol. The average Bonchev–Trinajstić information content (AvgIpc) is 2.86. The monoisotopic (exact) mass is 346 g/mol. The number of amides is 1. The van der Waals surface area contributed by atoms with Gasteiger partial charge in [0, 0.05) is 6.54 Å². The van der Waals surface area contributed by atoms with E-state index in [0.717, 1.165) is 5.56 Å². The van der Waals surface area contributed by atoms with Crippen molar-refractivity contribution < 1.29 is 19.2 Å². The van der Waals surface area contributed by atoms with Gasteiger partial charge in [-0.05, 0) is 31.5 Å². The molecule has 1 amide bonds. The molecule has 0 bridgehead atoms. The summed E-state index contributed by atoms with van der Waals surface area (Å²) >= 11 is 0. The molecule has 9 heteroatoms. The molecule has 0 fully saturated rings. The number of fused-ring (bicyclic) bond motifs is 1. The Morgan fingerprint density at radius 3 is 2.72 bits per heavy atom. The predicted octanol–water partition coefficient (Wildman–Crippen LogP) is 1.50. The van der Waals surface area contributed by atoms with Crippen LogP contribution in [0.1, 0.15) is 17.0 Å². The predicted molar refractivity (Wildman–Crippen MR) is 87.6 cm³/mol. The Balaban J connectivity index is 1.62. The van der Waals surface area contributed by atoms with E-state index in [1.165, 1.54) is 4.68 Å². The van der Waals surface area contributed by atoms with E-state index >= 15 is 0 Å². The zero-order valence-electron chi connectivity index (χ0n) is 13.9. The minimum absolute atomic E-state index is 0.0559. The molecule has 132 valence electrons. The molecule has 2 aromatic rings. The van der Waals surface area contributed by atoms with E-state index in [0.29, 0.717) is 42.6 Å². The lowest BCUT2D eigenvalue weighted by Crippen LogP contribution is -2.28. The topological polar surface area (TPSA) is 109 Å². The molecule has 0 saturated carbocycles. The molecule has 1 aliphatic heterocycles. The number of aromatic nitrogens is 2. The van der Waals surface area contributed by atoms with Crippen LogP contribution >= 0.6 is 0 Å². The SMILES string of the molecule is Cc1nn(CC(=O)NCc2ccc3c(c2)OCCO3)c(C)c1[N+](=O)[O-]. The van der Waals surface area contributed by atoms with Gasteiger partial charge < -0.3 is 14.8 Å². The van der Waals surface area contributed by atoms with E-state index in [4.69, 9.17) is 9.47 Å². The smallest absolute Gasteiger partial charge is 0.312 e. The van der Waals surface area contributed by atoms with Crippen LogP contribution in [0.4, 0.5) is 5.69 Å². The van der Waals surface area contributed by atoms with Gasteiger partial charge in [0.05, 0.1) is 4.92 Å². The molecule has 1 aliphatic rings. The highest BCUT2D eigenvalue weighted by Gasteiger charge is 2.22. The fourth-order valence-corrected chi connectivity index (χ4v) is 2.70. The molecule has 3 rings (SSSR count). The maximum atomic E-state index is 12.1.